The molecule has 0 radical (unpaired) electrons. The van der Waals surface area contributed by atoms with Crippen LogP contribution in [0.5, 0.6) is 11.9 Å². The molecule has 0 spiro atoms. The molecule has 0 aliphatic heterocycles. The van der Waals surface area contributed by atoms with Crippen LogP contribution in [0.25, 0.3) is 5.69 Å². The van der Waals surface area contributed by atoms with E-state index in [1.807, 2.05) is 37.3 Å². The van der Waals surface area contributed by atoms with Crippen molar-refractivity contribution in [2.24, 2.45) is 0 Å². The van der Waals surface area contributed by atoms with Gasteiger partial charge in [0.05, 0.1) is 5.69 Å². The number of hydrogen-bond acceptors (Lipinski definition) is 5. The zero-order valence-electron chi connectivity index (χ0n) is 10.9. The topological polar surface area (TPSA) is 78.9 Å². The molecule has 0 fully saturated rings. The van der Waals surface area contributed by atoms with Crippen LogP contribution in [-0.2, 0) is 0 Å². The van der Waals surface area contributed by atoms with Gasteiger partial charge in [-0.05, 0) is 24.6 Å². The van der Waals surface area contributed by atoms with Crippen LogP contribution in [0.15, 0.2) is 48.9 Å². The average molecular weight is 267 g/mol. The van der Waals surface area contributed by atoms with Crippen molar-refractivity contribution in [3.05, 3.63) is 54.5 Å². The van der Waals surface area contributed by atoms with E-state index in [2.05, 4.69) is 15.1 Å². The fourth-order valence-corrected chi connectivity index (χ4v) is 1.67. The summed E-state index contributed by atoms with van der Waals surface area (Å²) >= 11 is 0. The van der Waals surface area contributed by atoms with Crippen molar-refractivity contribution in [3.8, 4) is 17.6 Å². The number of rotatable bonds is 3. The Hall–Kier alpha value is -2.89. The molecule has 0 aliphatic rings. The maximum atomic E-state index is 5.80. The number of anilines is 1. The van der Waals surface area contributed by atoms with E-state index < -0.39 is 0 Å². The number of nitrogens with two attached hydrogens (primary N) is 1. The van der Waals surface area contributed by atoms with Crippen LogP contribution in [0.2, 0.25) is 0 Å². The normalized spacial score (nSPS) is 10.4. The first-order valence-electron chi connectivity index (χ1n) is 6.09. The Balaban J connectivity index is 1.82. The van der Waals surface area contributed by atoms with Crippen LogP contribution in [0.1, 0.15) is 5.56 Å². The minimum absolute atomic E-state index is 0.226. The second kappa shape index (κ2) is 5.00. The Morgan fingerprint density at radius 1 is 1.15 bits per heavy atom. The van der Waals surface area contributed by atoms with Crippen molar-refractivity contribution >= 4 is 5.69 Å². The van der Waals surface area contributed by atoms with Crippen molar-refractivity contribution in [1.82, 2.24) is 19.7 Å². The van der Waals surface area contributed by atoms with Gasteiger partial charge in [-0.3, -0.25) is 0 Å². The predicted octanol–water partition coefficient (Wildman–Crippen LogP) is 2.35. The van der Waals surface area contributed by atoms with E-state index in [9.17, 15) is 0 Å². The lowest BCUT2D eigenvalue weighted by atomic mass is 10.3. The van der Waals surface area contributed by atoms with Crippen LogP contribution in [0, 0.1) is 6.92 Å². The molecule has 0 amide bonds. The monoisotopic (exact) mass is 267 g/mol. The lowest BCUT2D eigenvalue weighted by Crippen LogP contribution is -1.96. The van der Waals surface area contributed by atoms with Gasteiger partial charge >= 0.3 is 6.01 Å². The van der Waals surface area contributed by atoms with Gasteiger partial charge in [-0.15, -0.1) is 5.10 Å². The van der Waals surface area contributed by atoms with Gasteiger partial charge in [0.25, 0.3) is 0 Å². The molecule has 1 aromatic carbocycles. The molecule has 6 heteroatoms. The van der Waals surface area contributed by atoms with Gasteiger partial charge in [-0.25, -0.2) is 9.67 Å². The molecular weight excluding hydrogens is 254 g/mol. The van der Waals surface area contributed by atoms with Crippen LogP contribution >= 0.6 is 0 Å². The van der Waals surface area contributed by atoms with Crippen molar-refractivity contribution in [3.63, 3.8) is 0 Å². The maximum Gasteiger partial charge on any atom is 0.342 e. The molecule has 0 saturated heterocycles. The highest BCUT2D eigenvalue weighted by molar-refractivity contribution is 5.47. The van der Waals surface area contributed by atoms with E-state index in [1.165, 1.54) is 0 Å². The van der Waals surface area contributed by atoms with Gasteiger partial charge in [-0.2, -0.15) is 4.98 Å². The van der Waals surface area contributed by atoms with E-state index in [0.29, 0.717) is 11.6 Å². The third-order valence-corrected chi connectivity index (χ3v) is 2.81. The standard InChI is InChI=1S/C14H13N5O/c1-10-8-16-13(7-12(10)15)20-14-17-9-19(18-14)11-5-3-2-4-6-11/h2-9H,1H3,(H2,15,16). The molecule has 0 atom stereocenters. The second-order valence-electron chi connectivity index (χ2n) is 4.29. The molecule has 3 aromatic rings. The highest BCUT2D eigenvalue weighted by Gasteiger charge is 2.07. The third-order valence-electron chi connectivity index (χ3n) is 2.81. The third kappa shape index (κ3) is 2.44. The molecule has 0 bridgehead atoms. The SMILES string of the molecule is Cc1cnc(Oc2ncn(-c3ccccc3)n2)cc1N. The van der Waals surface area contributed by atoms with E-state index in [0.717, 1.165) is 11.3 Å². The fraction of sp³-hybridized carbons (Fsp3) is 0.0714. The zero-order valence-corrected chi connectivity index (χ0v) is 10.9. The van der Waals surface area contributed by atoms with E-state index >= 15 is 0 Å². The van der Waals surface area contributed by atoms with Crippen LogP contribution in [-0.4, -0.2) is 19.7 Å². The molecule has 2 aromatic heterocycles. The van der Waals surface area contributed by atoms with Crippen molar-refractivity contribution in [1.29, 1.82) is 0 Å². The Morgan fingerprint density at radius 3 is 2.70 bits per heavy atom. The van der Waals surface area contributed by atoms with E-state index in [1.54, 1.807) is 23.3 Å². The van der Waals surface area contributed by atoms with Gasteiger partial charge in [-0.1, -0.05) is 18.2 Å². The highest BCUT2D eigenvalue weighted by atomic mass is 16.5. The molecule has 20 heavy (non-hydrogen) atoms. The van der Waals surface area contributed by atoms with Crippen LogP contribution in [0.3, 0.4) is 0 Å². The quantitative estimate of drug-likeness (QED) is 0.788. The number of benzene rings is 1. The summed E-state index contributed by atoms with van der Waals surface area (Å²) in [5, 5.41) is 4.23. The molecule has 100 valence electrons. The van der Waals surface area contributed by atoms with Crippen LogP contribution < -0.4 is 10.5 Å². The molecule has 2 heterocycles. The molecule has 3 rings (SSSR count). The number of pyridine rings is 1. The van der Waals surface area contributed by atoms with Gasteiger partial charge < -0.3 is 10.5 Å². The number of hydrogen-bond donors (Lipinski definition) is 1. The minimum atomic E-state index is 0.226. The Bertz CT molecular complexity index is 723. The summed E-state index contributed by atoms with van der Waals surface area (Å²) in [5.41, 5.74) is 8.24. The molecule has 2 N–H and O–H groups in total. The van der Waals surface area contributed by atoms with E-state index in [4.69, 9.17) is 10.5 Å². The molecule has 0 aliphatic carbocycles. The Morgan fingerprint density at radius 2 is 1.95 bits per heavy atom. The summed E-state index contributed by atoms with van der Waals surface area (Å²) in [4.78, 5) is 8.21. The van der Waals surface area contributed by atoms with Crippen molar-refractivity contribution < 1.29 is 4.74 Å². The van der Waals surface area contributed by atoms with E-state index in [-0.39, 0.29) is 6.01 Å². The summed E-state index contributed by atoms with van der Waals surface area (Å²) in [5.74, 6) is 0.374. The molecular formula is C14H13N5O. The first-order valence-corrected chi connectivity index (χ1v) is 6.09. The number of nitrogen functional groups attached to an aromatic ring is 1. The number of aryl methyl sites for hydroxylation is 1. The molecule has 0 unspecified atom stereocenters. The number of para-hydroxylation sites is 1. The van der Waals surface area contributed by atoms with Crippen LogP contribution in [0.4, 0.5) is 5.69 Å². The second-order valence-corrected chi connectivity index (χ2v) is 4.29. The van der Waals surface area contributed by atoms with Gasteiger partial charge in [0, 0.05) is 18.0 Å². The van der Waals surface area contributed by atoms with Gasteiger partial charge in [0.15, 0.2) is 0 Å². The number of ether oxygens (including phenoxy) is 1. The average Bonchev–Trinajstić information content (AvgIpc) is 2.92. The largest absolute Gasteiger partial charge is 0.404 e. The summed E-state index contributed by atoms with van der Waals surface area (Å²) < 4.78 is 7.11. The number of aromatic nitrogens is 4. The Kier molecular flexibility index (Phi) is 3.04. The lowest BCUT2D eigenvalue weighted by molar-refractivity contribution is 0.425. The first-order chi connectivity index (χ1) is 9.72. The smallest absolute Gasteiger partial charge is 0.342 e. The number of nitrogens with zero attached hydrogens (tertiary/aromatic N) is 4. The van der Waals surface area contributed by atoms with Gasteiger partial charge in [0.2, 0.25) is 5.88 Å². The summed E-state index contributed by atoms with van der Waals surface area (Å²) in [6.45, 7) is 1.88. The summed E-state index contributed by atoms with van der Waals surface area (Å²) in [7, 11) is 0. The maximum absolute atomic E-state index is 5.80. The summed E-state index contributed by atoms with van der Waals surface area (Å²) in [6, 6.07) is 11.5. The lowest BCUT2D eigenvalue weighted by Gasteiger charge is -2.03. The minimum Gasteiger partial charge on any atom is -0.404 e. The summed E-state index contributed by atoms with van der Waals surface area (Å²) in [6.07, 6.45) is 3.24. The van der Waals surface area contributed by atoms with Crippen molar-refractivity contribution in [2.75, 3.05) is 5.73 Å². The Labute approximate surface area is 115 Å². The first kappa shape index (κ1) is 12.2. The van der Waals surface area contributed by atoms with Crippen molar-refractivity contribution in [2.45, 2.75) is 6.92 Å². The molecule has 0 saturated carbocycles. The fourth-order valence-electron chi connectivity index (χ4n) is 1.67. The predicted molar refractivity (Wildman–Crippen MR) is 74.8 cm³/mol. The van der Waals surface area contributed by atoms with Gasteiger partial charge in [0.1, 0.15) is 6.33 Å². The zero-order chi connectivity index (χ0) is 13.9. The highest BCUT2D eigenvalue weighted by Crippen LogP contribution is 2.20. The molecule has 6 nitrogen and oxygen atoms in total.